The number of para-hydroxylation sites is 1. The maximum Gasteiger partial charge on any atom is 0.0710 e. The second kappa shape index (κ2) is 12.9. The highest BCUT2D eigenvalue weighted by Gasteiger charge is 2.48. The number of fused-ring (bicyclic) bond motifs is 6. The lowest BCUT2D eigenvalue weighted by Gasteiger charge is -2.35. The number of rotatable bonds is 5. The van der Waals surface area contributed by atoms with Crippen LogP contribution in [0.5, 0.6) is 0 Å². The summed E-state index contributed by atoms with van der Waals surface area (Å²) in [7, 11) is 0. The lowest BCUT2D eigenvalue weighted by molar-refractivity contribution is 0.679. The van der Waals surface area contributed by atoms with Gasteiger partial charge in [-0.15, -0.1) is 0 Å². The number of hydrogen-bond acceptors (Lipinski definition) is 0. The molecule has 1 heterocycles. The van der Waals surface area contributed by atoms with Crippen molar-refractivity contribution in [3.05, 3.63) is 244 Å². The maximum atomic E-state index is 4.15. The molecule has 0 N–H and O–H groups in total. The lowest BCUT2D eigenvalue weighted by atomic mass is 9.66. The van der Waals surface area contributed by atoms with Crippen LogP contribution in [0.3, 0.4) is 0 Å². The van der Waals surface area contributed by atoms with Gasteiger partial charge in [0.25, 0.3) is 0 Å². The molecule has 0 aliphatic heterocycles. The molecule has 1 heteroatoms. The summed E-state index contributed by atoms with van der Waals surface area (Å²) in [6, 6.07) is 46.7. The first-order chi connectivity index (χ1) is 26.7. The SMILES string of the molecule is C=C/C=C1/C2=C(C=CC(C3C=Cc4c(n(-c5ccc6c(c5)-c5ccccc5C6)c5ccccc45)C=C3)C=C2)C(c2ccccc2)(c2ccccc2)/C1=C/C. The average Bonchev–Trinajstić information content (AvgIpc) is 3.68. The summed E-state index contributed by atoms with van der Waals surface area (Å²) in [6.07, 6.45) is 26.6. The number of allylic oxidation sites excluding steroid dienone is 13. The first-order valence-corrected chi connectivity index (χ1v) is 19.1. The van der Waals surface area contributed by atoms with Crippen molar-refractivity contribution in [2.75, 3.05) is 0 Å². The Hall–Kier alpha value is -6.44. The Morgan fingerprint density at radius 3 is 2.06 bits per heavy atom. The zero-order valence-corrected chi connectivity index (χ0v) is 30.5. The van der Waals surface area contributed by atoms with Gasteiger partial charge in [-0.25, -0.2) is 0 Å². The molecule has 6 aromatic rings. The molecule has 54 heavy (non-hydrogen) atoms. The van der Waals surface area contributed by atoms with E-state index in [-0.39, 0.29) is 11.8 Å². The minimum absolute atomic E-state index is 0.173. The molecule has 0 radical (unpaired) electrons. The summed E-state index contributed by atoms with van der Waals surface area (Å²) in [6.45, 7) is 6.32. The predicted molar refractivity (Wildman–Crippen MR) is 228 cm³/mol. The van der Waals surface area contributed by atoms with E-state index in [1.54, 1.807) is 0 Å². The Bertz CT molecular complexity index is 2660. The van der Waals surface area contributed by atoms with Gasteiger partial charge in [0.1, 0.15) is 0 Å². The van der Waals surface area contributed by atoms with Gasteiger partial charge < -0.3 is 4.57 Å². The van der Waals surface area contributed by atoms with E-state index in [1.807, 2.05) is 6.08 Å². The number of hydrogen-bond donors (Lipinski definition) is 0. The summed E-state index contributed by atoms with van der Waals surface area (Å²) in [5.74, 6) is 0.353. The summed E-state index contributed by atoms with van der Waals surface area (Å²) < 4.78 is 2.46. The van der Waals surface area contributed by atoms with Crippen molar-refractivity contribution in [1.29, 1.82) is 0 Å². The lowest BCUT2D eigenvalue weighted by Crippen LogP contribution is -2.29. The topological polar surface area (TPSA) is 4.93 Å². The summed E-state index contributed by atoms with van der Waals surface area (Å²) in [5, 5.41) is 1.27. The Labute approximate surface area is 318 Å². The van der Waals surface area contributed by atoms with E-state index in [1.165, 1.54) is 83.5 Å². The number of benzene rings is 5. The van der Waals surface area contributed by atoms with E-state index in [4.69, 9.17) is 0 Å². The van der Waals surface area contributed by atoms with Crippen molar-refractivity contribution in [1.82, 2.24) is 4.57 Å². The molecular weight excluding hydrogens is 651 g/mol. The van der Waals surface area contributed by atoms with Crippen LogP contribution in [0.15, 0.2) is 211 Å². The molecule has 0 saturated carbocycles. The Kier molecular flexibility index (Phi) is 7.70. The van der Waals surface area contributed by atoms with Crippen LogP contribution in [0, 0.1) is 11.8 Å². The average molecular weight is 692 g/mol. The number of nitrogens with zero attached hydrogens (tertiary/aromatic N) is 1. The smallest absolute Gasteiger partial charge is 0.0710 e. The predicted octanol–water partition coefficient (Wildman–Crippen LogP) is 13.0. The normalized spacial score (nSPS) is 20.5. The van der Waals surface area contributed by atoms with Gasteiger partial charge >= 0.3 is 0 Å². The molecule has 2 unspecified atom stereocenters. The first kappa shape index (κ1) is 32.2. The third kappa shape index (κ3) is 4.78. The molecule has 5 aromatic carbocycles. The van der Waals surface area contributed by atoms with Crippen LogP contribution in [0.1, 0.15) is 40.4 Å². The van der Waals surface area contributed by atoms with Crippen LogP contribution in [-0.4, -0.2) is 4.57 Å². The minimum atomic E-state index is -0.449. The Balaban J connectivity index is 1.07. The molecule has 0 spiro atoms. The van der Waals surface area contributed by atoms with Gasteiger partial charge in [-0.1, -0.05) is 177 Å². The van der Waals surface area contributed by atoms with Crippen molar-refractivity contribution in [3.8, 4) is 16.8 Å². The standard InChI is InChI=1S/C53H41N/c1-3-15-44-45-30-25-36(27-32-50(45)53(49(44)4-2,40-17-7-5-8-18-40)41-19-9-6-10-20-41)37-26-31-47-46-22-13-14-23-51(46)54(52(47)33-28-37)42-29-24-39-34-38-16-11-12-21-43(38)48(39)35-42/h3-33,35-37H,1,34H2,2H3/b44-15-,49-4+. The van der Waals surface area contributed by atoms with Gasteiger partial charge in [0.2, 0.25) is 0 Å². The molecule has 1 aromatic heterocycles. The van der Waals surface area contributed by atoms with Crippen molar-refractivity contribution in [2.45, 2.75) is 18.8 Å². The van der Waals surface area contributed by atoms with Crippen LogP contribution in [-0.2, 0) is 11.8 Å². The van der Waals surface area contributed by atoms with Gasteiger partial charge in [-0.2, -0.15) is 0 Å². The molecule has 4 aliphatic carbocycles. The van der Waals surface area contributed by atoms with Crippen LogP contribution >= 0.6 is 0 Å². The van der Waals surface area contributed by atoms with Gasteiger partial charge in [-0.3, -0.25) is 0 Å². The second-order valence-electron chi connectivity index (χ2n) is 14.7. The maximum absolute atomic E-state index is 4.15. The van der Waals surface area contributed by atoms with E-state index >= 15 is 0 Å². The Morgan fingerprint density at radius 1 is 0.648 bits per heavy atom. The highest BCUT2D eigenvalue weighted by Crippen LogP contribution is 2.57. The molecule has 0 bridgehead atoms. The summed E-state index contributed by atoms with van der Waals surface area (Å²) in [5.41, 5.74) is 17.6. The largest absolute Gasteiger partial charge is 0.309 e. The summed E-state index contributed by atoms with van der Waals surface area (Å²) >= 11 is 0. The fourth-order valence-electron chi connectivity index (χ4n) is 9.69. The zero-order valence-electron chi connectivity index (χ0n) is 30.5. The van der Waals surface area contributed by atoms with Crippen molar-refractivity contribution < 1.29 is 0 Å². The zero-order chi connectivity index (χ0) is 36.2. The minimum Gasteiger partial charge on any atom is -0.309 e. The van der Waals surface area contributed by atoms with Crippen LogP contribution in [0.4, 0.5) is 0 Å². The molecular formula is C53H41N. The van der Waals surface area contributed by atoms with Crippen molar-refractivity contribution >= 4 is 23.1 Å². The number of aromatic nitrogens is 1. The van der Waals surface area contributed by atoms with Crippen LogP contribution < -0.4 is 0 Å². The second-order valence-corrected chi connectivity index (χ2v) is 14.7. The molecule has 0 saturated heterocycles. The van der Waals surface area contributed by atoms with Gasteiger partial charge in [0.15, 0.2) is 0 Å². The Morgan fingerprint density at radius 2 is 1.30 bits per heavy atom. The third-order valence-corrected chi connectivity index (χ3v) is 12.0. The highest BCUT2D eigenvalue weighted by atomic mass is 15.0. The highest BCUT2D eigenvalue weighted by molar-refractivity contribution is 5.96. The van der Waals surface area contributed by atoms with Crippen LogP contribution in [0.2, 0.25) is 0 Å². The van der Waals surface area contributed by atoms with E-state index < -0.39 is 5.41 Å². The monoisotopic (exact) mass is 691 g/mol. The molecule has 4 aliphatic rings. The third-order valence-electron chi connectivity index (χ3n) is 12.0. The summed E-state index contributed by atoms with van der Waals surface area (Å²) in [4.78, 5) is 0. The van der Waals surface area contributed by atoms with Crippen LogP contribution in [0.25, 0.3) is 39.9 Å². The molecule has 2 atom stereocenters. The first-order valence-electron chi connectivity index (χ1n) is 19.1. The van der Waals surface area contributed by atoms with Gasteiger partial charge in [0.05, 0.1) is 16.6 Å². The van der Waals surface area contributed by atoms with Gasteiger partial charge in [0, 0.05) is 28.5 Å². The molecule has 0 amide bonds. The van der Waals surface area contributed by atoms with Crippen molar-refractivity contribution in [2.24, 2.45) is 11.8 Å². The quantitative estimate of drug-likeness (QED) is 0.169. The molecule has 0 fully saturated rings. The fourth-order valence-corrected chi connectivity index (χ4v) is 9.69. The van der Waals surface area contributed by atoms with E-state index in [9.17, 15) is 0 Å². The molecule has 1 nitrogen and oxygen atoms in total. The van der Waals surface area contributed by atoms with Crippen molar-refractivity contribution in [3.63, 3.8) is 0 Å². The fraction of sp³-hybridized carbons (Fsp3) is 0.0943. The van der Waals surface area contributed by atoms with Gasteiger partial charge in [-0.05, 0) is 93.3 Å². The van der Waals surface area contributed by atoms with E-state index in [0.29, 0.717) is 0 Å². The van der Waals surface area contributed by atoms with E-state index in [0.717, 1.165) is 6.42 Å². The molecule has 258 valence electrons. The molecule has 10 rings (SSSR count). The van der Waals surface area contributed by atoms with E-state index in [2.05, 4.69) is 206 Å².